The van der Waals surface area contributed by atoms with Crippen molar-refractivity contribution in [3.63, 3.8) is 0 Å². The van der Waals surface area contributed by atoms with Crippen molar-refractivity contribution in [2.45, 2.75) is 57.7 Å². The predicted octanol–water partition coefficient (Wildman–Crippen LogP) is 3.73. The molecule has 0 radical (unpaired) electrons. The summed E-state index contributed by atoms with van der Waals surface area (Å²) in [6.07, 6.45) is 5.43. The fourth-order valence-corrected chi connectivity index (χ4v) is 3.76. The van der Waals surface area contributed by atoms with E-state index in [1.54, 1.807) is 24.3 Å². The van der Waals surface area contributed by atoms with Gasteiger partial charge in [-0.1, -0.05) is 56.3 Å². The molecule has 1 unspecified atom stereocenters. The first-order valence-corrected chi connectivity index (χ1v) is 10.3. The van der Waals surface area contributed by atoms with E-state index in [1.165, 1.54) is 12.8 Å². The minimum absolute atomic E-state index is 0.00471. The van der Waals surface area contributed by atoms with Crippen LogP contribution >= 0.6 is 11.6 Å². The van der Waals surface area contributed by atoms with Crippen LogP contribution in [0.15, 0.2) is 24.3 Å². The lowest BCUT2D eigenvalue weighted by Gasteiger charge is -2.14. The Labute approximate surface area is 144 Å². The lowest BCUT2D eigenvalue weighted by atomic mass is 10.1. The largest absolute Gasteiger partial charge is 0.353 e. The number of hydrogen-bond donors (Lipinski definition) is 1. The summed E-state index contributed by atoms with van der Waals surface area (Å²) < 4.78 is 24.2. The van der Waals surface area contributed by atoms with Gasteiger partial charge in [-0.3, -0.25) is 4.79 Å². The summed E-state index contributed by atoms with van der Waals surface area (Å²) >= 11 is 5.77. The highest BCUT2D eigenvalue weighted by Gasteiger charge is 2.18. The van der Waals surface area contributed by atoms with Gasteiger partial charge in [0.2, 0.25) is 5.91 Å². The maximum absolute atomic E-state index is 12.1. The number of sulfone groups is 1. The first kappa shape index (κ1) is 20.0. The molecule has 0 aliphatic rings. The molecule has 0 aliphatic carbocycles. The SMILES string of the molecule is CCCCCCC(C)NC(=O)CS(=O)(=O)Cc1ccc(Cl)cc1. The van der Waals surface area contributed by atoms with E-state index in [0.717, 1.165) is 19.3 Å². The Morgan fingerprint density at radius 3 is 2.43 bits per heavy atom. The summed E-state index contributed by atoms with van der Waals surface area (Å²) in [4.78, 5) is 11.9. The molecule has 4 nitrogen and oxygen atoms in total. The van der Waals surface area contributed by atoms with Gasteiger partial charge < -0.3 is 5.32 Å². The Balaban J connectivity index is 2.40. The van der Waals surface area contributed by atoms with Crippen LogP contribution in [0.2, 0.25) is 5.02 Å². The molecule has 1 amide bonds. The summed E-state index contributed by atoms with van der Waals surface area (Å²) in [5, 5.41) is 3.32. The second kappa shape index (κ2) is 9.93. The lowest BCUT2D eigenvalue weighted by molar-refractivity contribution is -0.119. The van der Waals surface area contributed by atoms with E-state index < -0.39 is 21.5 Å². The number of benzene rings is 1. The van der Waals surface area contributed by atoms with Crippen LogP contribution in [0.4, 0.5) is 0 Å². The van der Waals surface area contributed by atoms with Gasteiger partial charge in [0.15, 0.2) is 9.84 Å². The molecule has 0 aliphatic heterocycles. The molecule has 0 bridgehead atoms. The van der Waals surface area contributed by atoms with Crippen LogP contribution in [0, 0.1) is 0 Å². The van der Waals surface area contributed by atoms with Crippen LogP contribution in [0.5, 0.6) is 0 Å². The third-order valence-corrected chi connectivity index (χ3v) is 5.28. The predicted molar refractivity (Wildman–Crippen MR) is 95.3 cm³/mol. The van der Waals surface area contributed by atoms with Gasteiger partial charge in [0.05, 0.1) is 5.75 Å². The highest BCUT2D eigenvalue weighted by Crippen LogP contribution is 2.12. The van der Waals surface area contributed by atoms with Crippen molar-refractivity contribution >= 4 is 27.3 Å². The van der Waals surface area contributed by atoms with Crippen LogP contribution in [0.25, 0.3) is 0 Å². The zero-order chi connectivity index (χ0) is 17.3. The number of rotatable bonds is 10. The van der Waals surface area contributed by atoms with Crippen molar-refractivity contribution in [1.82, 2.24) is 5.32 Å². The van der Waals surface area contributed by atoms with Gasteiger partial charge in [0, 0.05) is 11.1 Å². The van der Waals surface area contributed by atoms with Crippen molar-refractivity contribution in [2.75, 3.05) is 5.75 Å². The molecule has 6 heteroatoms. The van der Waals surface area contributed by atoms with Crippen molar-refractivity contribution < 1.29 is 13.2 Å². The second-order valence-electron chi connectivity index (χ2n) is 5.98. The summed E-state index contributed by atoms with van der Waals surface area (Å²) in [5.41, 5.74) is 0.634. The Hall–Kier alpha value is -1.07. The molecule has 0 fully saturated rings. The standard InChI is InChI=1S/C17H26ClNO3S/c1-3-4-5-6-7-14(2)19-17(20)13-23(21,22)12-15-8-10-16(18)11-9-15/h8-11,14H,3-7,12-13H2,1-2H3,(H,19,20). The van der Waals surface area contributed by atoms with Crippen LogP contribution in [0.1, 0.15) is 51.5 Å². The number of hydrogen-bond acceptors (Lipinski definition) is 3. The molecule has 130 valence electrons. The molecular weight excluding hydrogens is 334 g/mol. The third kappa shape index (κ3) is 8.96. The summed E-state index contributed by atoms with van der Waals surface area (Å²) in [6, 6.07) is 6.61. The summed E-state index contributed by atoms with van der Waals surface area (Å²) in [6.45, 7) is 4.06. The maximum Gasteiger partial charge on any atom is 0.235 e. The van der Waals surface area contributed by atoms with E-state index in [9.17, 15) is 13.2 Å². The Bertz CT molecular complexity index is 584. The minimum atomic E-state index is -3.48. The van der Waals surface area contributed by atoms with Crippen molar-refractivity contribution in [1.29, 1.82) is 0 Å². The van der Waals surface area contributed by atoms with Gasteiger partial charge in [-0.05, 0) is 31.0 Å². The number of amides is 1. The van der Waals surface area contributed by atoms with Gasteiger partial charge >= 0.3 is 0 Å². The summed E-state index contributed by atoms with van der Waals surface area (Å²) in [5.74, 6) is -1.06. The highest BCUT2D eigenvalue weighted by molar-refractivity contribution is 7.91. The number of carbonyl (C=O) groups is 1. The Kier molecular flexibility index (Phi) is 8.63. The highest BCUT2D eigenvalue weighted by atomic mass is 35.5. The third-order valence-electron chi connectivity index (χ3n) is 3.55. The van der Waals surface area contributed by atoms with Gasteiger partial charge in [-0.15, -0.1) is 0 Å². The second-order valence-corrected chi connectivity index (χ2v) is 8.48. The lowest BCUT2D eigenvalue weighted by Crippen LogP contribution is -2.37. The molecule has 1 rings (SSSR count). The number of unbranched alkanes of at least 4 members (excludes halogenated alkanes) is 3. The normalized spacial score (nSPS) is 12.8. The van der Waals surface area contributed by atoms with E-state index in [0.29, 0.717) is 10.6 Å². The quantitative estimate of drug-likeness (QED) is 0.647. The topological polar surface area (TPSA) is 63.2 Å². The van der Waals surface area contributed by atoms with Crippen LogP contribution in [-0.4, -0.2) is 26.1 Å². The van der Waals surface area contributed by atoms with E-state index in [1.807, 2.05) is 6.92 Å². The average Bonchev–Trinajstić information content (AvgIpc) is 2.45. The average molecular weight is 360 g/mol. The molecule has 0 heterocycles. The van der Waals surface area contributed by atoms with Gasteiger partial charge in [-0.2, -0.15) is 0 Å². The van der Waals surface area contributed by atoms with Gasteiger partial charge in [-0.25, -0.2) is 8.42 Å². The fourth-order valence-electron chi connectivity index (χ4n) is 2.35. The van der Waals surface area contributed by atoms with E-state index in [4.69, 9.17) is 11.6 Å². The molecule has 23 heavy (non-hydrogen) atoms. The Morgan fingerprint density at radius 1 is 1.17 bits per heavy atom. The monoisotopic (exact) mass is 359 g/mol. The van der Waals surface area contributed by atoms with Crippen molar-refractivity contribution in [3.8, 4) is 0 Å². The number of nitrogens with one attached hydrogen (secondary N) is 1. The van der Waals surface area contributed by atoms with Crippen molar-refractivity contribution in [3.05, 3.63) is 34.9 Å². The molecule has 1 N–H and O–H groups in total. The number of carbonyl (C=O) groups excluding carboxylic acids is 1. The molecule has 0 saturated heterocycles. The zero-order valence-corrected chi connectivity index (χ0v) is 15.4. The molecule has 0 spiro atoms. The van der Waals surface area contributed by atoms with Crippen LogP contribution < -0.4 is 5.32 Å². The minimum Gasteiger partial charge on any atom is -0.353 e. The van der Waals surface area contributed by atoms with Crippen LogP contribution in [-0.2, 0) is 20.4 Å². The first-order valence-electron chi connectivity index (χ1n) is 8.06. The van der Waals surface area contributed by atoms with Crippen molar-refractivity contribution in [2.24, 2.45) is 0 Å². The van der Waals surface area contributed by atoms with Crippen LogP contribution in [0.3, 0.4) is 0 Å². The zero-order valence-electron chi connectivity index (χ0n) is 13.8. The van der Waals surface area contributed by atoms with E-state index in [-0.39, 0.29) is 11.8 Å². The Morgan fingerprint density at radius 2 is 1.83 bits per heavy atom. The maximum atomic E-state index is 12.1. The molecule has 0 saturated carbocycles. The molecule has 0 aromatic heterocycles. The summed E-state index contributed by atoms with van der Waals surface area (Å²) in [7, 11) is -3.48. The molecule has 1 aromatic rings. The molecular formula is C17H26ClNO3S. The van der Waals surface area contributed by atoms with Gasteiger partial charge in [0.25, 0.3) is 0 Å². The number of halogens is 1. The van der Waals surface area contributed by atoms with E-state index in [2.05, 4.69) is 12.2 Å². The first-order chi connectivity index (χ1) is 10.8. The molecule has 1 atom stereocenters. The fraction of sp³-hybridized carbons (Fsp3) is 0.588. The van der Waals surface area contributed by atoms with E-state index >= 15 is 0 Å². The van der Waals surface area contributed by atoms with Gasteiger partial charge in [0.1, 0.15) is 5.75 Å². The molecule has 1 aromatic carbocycles. The smallest absolute Gasteiger partial charge is 0.235 e.